The van der Waals surface area contributed by atoms with Crippen LogP contribution < -0.4 is 0 Å². The van der Waals surface area contributed by atoms with Crippen molar-refractivity contribution in [2.75, 3.05) is 6.54 Å². The molecule has 1 aromatic carbocycles. The number of benzene rings is 1. The van der Waals surface area contributed by atoms with Gasteiger partial charge in [0.2, 0.25) is 10.0 Å². The van der Waals surface area contributed by atoms with Crippen LogP contribution in [-0.2, 0) is 10.0 Å². The first-order valence-electron chi connectivity index (χ1n) is 7.06. The fourth-order valence-electron chi connectivity index (χ4n) is 2.81. The van der Waals surface area contributed by atoms with Crippen LogP contribution in [-0.4, -0.2) is 25.3 Å². The zero-order valence-electron chi connectivity index (χ0n) is 12.0. The molecule has 0 bridgehead atoms. The standard InChI is InChI=1S/C15H23NO2S/c1-4-14-7-5-6-10-16(14)19(17,18)15-11-12(2)8-9-13(15)3/h8-9,11,14H,4-7,10H2,1-3H3. The number of aryl methyl sites for hydroxylation is 2. The molecule has 1 aliphatic rings. The smallest absolute Gasteiger partial charge is 0.207 e. The van der Waals surface area contributed by atoms with E-state index in [0.717, 1.165) is 36.8 Å². The maximum atomic E-state index is 12.9. The van der Waals surface area contributed by atoms with Crippen molar-refractivity contribution in [3.63, 3.8) is 0 Å². The van der Waals surface area contributed by atoms with Crippen molar-refractivity contribution in [1.29, 1.82) is 0 Å². The van der Waals surface area contributed by atoms with E-state index in [1.54, 1.807) is 10.4 Å². The maximum absolute atomic E-state index is 12.9. The second-order valence-corrected chi connectivity index (χ2v) is 7.30. The molecular formula is C15H23NO2S. The predicted octanol–water partition coefficient (Wildman–Crippen LogP) is 3.26. The first-order chi connectivity index (χ1) is 8.96. The minimum absolute atomic E-state index is 0.165. The highest BCUT2D eigenvalue weighted by atomic mass is 32.2. The molecule has 1 saturated heterocycles. The Morgan fingerprint density at radius 3 is 2.68 bits per heavy atom. The van der Waals surface area contributed by atoms with E-state index in [4.69, 9.17) is 0 Å². The maximum Gasteiger partial charge on any atom is 0.243 e. The molecule has 0 amide bonds. The lowest BCUT2D eigenvalue weighted by atomic mass is 10.0. The molecule has 106 valence electrons. The molecule has 0 spiro atoms. The van der Waals surface area contributed by atoms with Gasteiger partial charge in [0.15, 0.2) is 0 Å². The van der Waals surface area contributed by atoms with Crippen LogP contribution in [0.5, 0.6) is 0 Å². The van der Waals surface area contributed by atoms with Gasteiger partial charge in [0.1, 0.15) is 0 Å². The normalized spacial score (nSPS) is 21.5. The van der Waals surface area contributed by atoms with E-state index >= 15 is 0 Å². The van der Waals surface area contributed by atoms with E-state index < -0.39 is 10.0 Å². The van der Waals surface area contributed by atoms with Gasteiger partial charge in [0, 0.05) is 12.6 Å². The second-order valence-electron chi connectivity index (χ2n) is 5.44. The average Bonchev–Trinajstić information content (AvgIpc) is 2.41. The summed E-state index contributed by atoms with van der Waals surface area (Å²) in [5.74, 6) is 0. The molecular weight excluding hydrogens is 258 g/mol. The molecule has 0 saturated carbocycles. The van der Waals surface area contributed by atoms with Crippen molar-refractivity contribution in [3.05, 3.63) is 29.3 Å². The van der Waals surface area contributed by atoms with Crippen molar-refractivity contribution >= 4 is 10.0 Å². The topological polar surface area (TPSA) is 37.4 Å². The summed E-state index contributed by atoms with van der Waals surface area (Å²) >= 11 is 0. The third-order valence-electron chi connectivity index (χ3n) is 3.97. The fraction of sp³-hybridized carbons (Fsp3) is 0.600. The van der Waals surface area contributed by atoms with Crippen LogP contribution in [0.3, 0.4) is 0 Å². The van der Waals surface area contributed by atoms with E-state index in [0.29, 0.717) is 11.4 Å². The Morgan fingerprint density at radius 2 is 2.00 bits per heavy atom. The molecule has 2 rings (SSSR count). The summed E-state index contributed by atoms with van der Waals surface area (Å²) in [6.07, 6.45) is 3.99. The average molecular weight is 281 g/mol. The summed E-state index contributed by atoms with van der Waals surface area (Å²) in [6, 6.07) is 5.82. The SMILES string of the molecule is CCC1CCCCN1S(=O)(=O)c1cc(C)ccc1C. The minimum atomic E-state index is -3.34. The third-order valence-corrected chi connectivity index (χ3v) is 6.07. The number of sulfonamides is 1. The monoisotopic (exact) mass is 281 g/mol. The van der Waals surface area contributed by atoms with Crippen LogP contribution >= 0.6 is 0 Å². The fourth-order valence-corrected chi connectivity index (χ4v) is 4.89. The summed E-state index contributed by atoms with van der Waals surface area (Å²) < 4.78 is 27.4. The number of hydrogen-bond acceptors (Lipinski definition) is 2. The third kappa shape index (κ3) is 2.84. The van der Waals surface area contributed by atoms with E-state index in [1.807, 2.05) is 26.0 Å². The summed E-state index contributed by atoms with van der Waals surface area (Å²) in [7, 11) is -3.34. The van der Waals surface area contributed by atoms with Gasteiger partial charge < -0.3 is 0 Å². The molecule has 19 heavy (non-hydrogen) atoms. The zero-order chi connectivity index (χ0) is 14.0. The first-order valence-corrected chi connectivity index (χ1v) is 8.50. The van der Waals surface area contributed by atoms with Crippen molar-refractivity contribution in [2.24, 2.45) is 0 Å². The Kier molecular flexibility index (Phi) is 4.31. The van der Waals surface area contributed by atoms with E-state index in [-0.39, 0.29) is 6.04 Å². The van der Waals surface area contributed by atoms with Crippen LogP contribution in [0.4, 0.5) is 0 Å². The minimum Gasteiger partial charge on any atom is -0.207 e. The van der Waals surface area contributed by atoms with Crippen LogP contribution in [0.15, 0.2) is 23.1 Å². The van der Waals surface area contributed by atoms with Gasteiger partial charge in [-0.15, -0.1) is 0 Å². The summed E-state index contributed by atoms with van der Waals surface area (Å²) in [5.41, 5.74) is 1.83. The molecule has 3 nitrogen and oxygen atoms in total. The molecule has 1 fully saturated rings. The molecule has 1 aromatic rings. The van der Waals surface area contributed by atoms with Crippen molar-refractivity contribution in [3.8, 4) is 0 Å². The first kappa shape index (κ1) is 14.5. The molecule has 1 aliphatic heterocycles. The van der Waals surface area contributed by atoms with Crippen LogP contribution in [0.25, 0.3) is 0 Å². The number of nitrogens with zero attached hydrogens (tertiary/aromatic N) is 1. The lowest BCUT2D eigenvalue weighted by molar-refractivity contribution is 0.246. The van der Waals surface area contributed by atoms with Gasteiger partial charge in [-0.2, -0.15) is 4.31 Å². The summed E-state index contributed by atoms with van der Waals surface area (Å²) in [6.45, 7) is 6.54. The number of rotatable bonds is 3. The van der Waals surface area contributed by atoms with Crippen molar-refractivity contribution in [2.45, 2.75) is 57.4 Å². The van der Waals surface area contributed by atoms with Gasteiger partial charge in [-0.05, 0) is 50.3 Å². The molecule has 0 radical (unpaired) electrons. The lowest BCUT2D eigenvalue weighted by Crippen LogP contribution is -2.43. The highest BCUT2D eigenvalue weighted by molar-refractivity contribution is 7.89. The largest absolute Gasteiger partial charge is 0.243 e. The Balaban J connectivity index is 2.43. The highest BCUT2D eigenvalue weighted by Crippen LogP contribution is 2.28. The van der Waals surface area contributed by atoms with Gasteiger partial charge in [0.05, 0.1) is 4.90 Å². The summed E-state index contributed by atoms with van der Waals surface area (Å²) in [4.78, 5) is 0.479. The predicted molar refractivity (Wildman–Crippen MR) is 77.7 cm³/mol. The van der Waals surface area contributed by atoms with Crippen LogP contribution in [0.2, 0.25) is 0 Å². The van der Waals surface area contributed by atoms with Gasteiger partial charge in [-0.3, -0.25) is 0 Å². The Morgan fingerprint density at radius 1 is 1.26 bits per heavy atom. The molecule has 1 heterocycles. The van der Waals surface area contributed by atoms with Crippen molar-refractivity contribution < 1.29 is 8.42 Å². The molecule has 0 aromatic heterocycles. The van der Waals surface area contributed by atoms with Gasteiger partial charge in [-0.25, -0.2) is 8.42 Å². The van der Waals surface area contributed by atoms with E-state index in [1.165, 1.54) is 0 Å². The molecule has 0 aliphatic carbocycles. The van der Waals surface area contributed by atoms with Gasteiger partial charge >= 0.3 is 0 Å². The van der Waals surface area contributed by atoms with Gasteiger partial charge in [0.25, 0.3) is 0 Å². The lowest BCUT2D eigenvalue weighted by Gasteiger charge is -2.34. The zero-order valence-corrected chi connectivity index (χ0v) is 12.8. The quantitative estimate of drug-likeness (QED) is 0.853. The number of piperidine rings is 1. The molecule has 1 unspecified atom stereocenters. The molecule has 0 N–H and O–H groups in total. The summed E-state index contributed by atoms with van der Waals surface area (Å²) in [5, 5.41) is 0. The van der Waals surface area contributed by atoms with Crippen LogP contribution in [0.1, 0.15) is 43.7 Å². The van der Waals surface area contributed by atoms with Crippen LogP contribution in [0, 0.1) is 13.8 Å². The van der Waals surface area contributed by atoms with E-state index in [9.17, 15) is 8.42 Å². The van der Waals surface area contributed by atoms with Crippen molar-refractivity contribution in [1.82, 2.24) is 4.31 Å². The number of hydrogen-bond donors (Lipinski definition) is 0. The highest BCUT2D eigenvalue weighted by Gasteiger charge is 2.33. The Bertz CT molecular complexity index is 551. The Labute approximate surface area is 116 Å². The molecule has 1 atom stereocenters. The molecule has 4 heteroatoms. The van der Waals surface area contributed by atoms with Gasteiger partial charge in [-0.1, -0.05) is 25.5 Å². The second kappa shape index (κ2) is 5.63. The Hall–Kier alpha value is -0.870. The van der Waals surface area contributed by atoms with E-state index in [2.05, 4.69) is 6.92 Å².